The number of aryl methyl sites for hydroxylation is 1. The van der Waals surface area contributed by atoms with Gasteiger partial charge >= 0.3 is 0 Å². The van der Waals surface area contributed by atoms with Crippen molar-refractivity contribution in [3.63, 3.8) is 0 Å². The summed E-state index contributed by atoms with van der Waals surface area (Å²) in [5.41, 5.74) is 5.21. The lowest BCUT2D eigenvalue weighted by molar-refractivity contribution is 0.103. The monoisotopic (exact) mass is 345 g/mol. The lowest BCUT2D eigenvalue weighted by Gasteiger charge is -2.10. The van der Waals surface area contributed by atoms with Crippen molar-refractivity contribution in [3.05, 3.63) is 76.6 Å². The van der Waals surface area contributed by atoms with Crippen LogP contribution < -0.4 is 5.32 Å². The van der Waals surface area contributed by atoms with Gasteiger partial charge in [-0.25, -0.2) is 4.98 Å². The molecule has 5 heteroatoms. The highest BCUT2D eigenvalue weighted by Crippen LogP contribution is 2.25. The summed E-state index contributed by atoms with van der Waals surface area (Å²) in [6, 6.07) is 17.4. The summed E-state index contributed by atoms with van der Waals surface area (Å²) >= 11 is 1.42. The van der Waals surface area contributed by atoms with Crippen LogP contribution in [0.2, 0.25) is 0 Å². The maximum atomic E-state index is 12.3. The Morgan fingerprint density at radius 2 is 1.88 bits per heavy atom. The zero-order valence-electron chi connectivity index (χ0n) is 13.6. The second kappa shape index (κ2) is 6.45. The average molecular weight is 345 g/mol. The Hall–Kier alpha value is -3.05. The molecule has 0 atom stereocenters. The van der Waals surface area contributed by atoms with Gasteiger partial charge in [-0.1, -0.05) is 30.3 Å². The first-order valence-electron chi connectivity index (χ1n) is 7.88. The van der Waals surface area contributed by atoms with Gasteiger partial charge in [0.25, 0.3) is 5.91 Å². The minimum Gasteiger partial charge on any atom is -0.321 e. The highest BCUT2D eigenvalue weighted by atomic mass is 32.1. The molecule has 0 aliphatic carbocycles. The molecule has 0 bridgehead atoms. The number of hydrogen-bond acceptors (Lipinski definition) is 4. The van der Waals surface area contributed by atoms with Crippen LogP contribution in [0.1, 0.15) is 15.2 Å². The third-order valence-electron chi connectivity index (χ3n) is 3.98. The number of aromatic nitrogens is 2. The molecule has 2 heterocycles. The van der Waals surface area contributed by atoms with E-state index in [9.17, 15) is 4.79 Å². The van der Waals surface area contributed by atoms with Crippen LogP contribution >= 0.6 is 11.3 Å². The fourth-order valence-corrected chi connectivity index (χ4v) is 3.22. The van der Waals surface area contributed by atoms with Crippen LogP contribution in [0, 0.1) is 6.92 Å². The van der Waals surface area contributed by atoms with E-state index in [-0.39, 0.29) is 5.91 Å². The van der Waals surface area contributed by atoms with Crippen molar-refractivity contribution in [2.75, 3.05) is 5.32 Å². The van der Waals surface area contributed by atoms with Gasteiger partial charge in [0.15, 0.2) is 0 Å². The van der Waals surface area contributed by atoms with Crippen LogP contribution in [0.4, 0.5) is 5.69 Å². The summed E-state index contributed by atoms with van der Waals surface area (Å²) in [5.74, 6) is -0.0974. The summed E-state index contributed by atoms with van der Waals surface area (Å²) < 4.78 is 0. The smallest absolute Gasteiger partial charge is 0.265 e. The number of amides is 1. The highest BCUT2D eigenvalue weighted by Gasteiger charge is 2.10. The van der Waals surface area contributed by atoms with Crippen molar-refractivity contribution < 1.29 is 4.79 Å². The molecular weight excluding hydrogens is 330 g/mol. The Kier molecular flexibility index (Phi) is 3.99. The van der Waals surface area contributed by atoms with Gasteiger partial charge in [0, 0.05) is 11.3 Å². The van der Waals surface area contributed by atoms with Crippen molar-refractivity contribution in [2.45, 2.75) is 6.92 Å². The molecule has 25 heavy (non-hydrogen) atoms. The summed E-state index contributed by atoms with van der Waals surface area (Å²) in [4.78, 5) is 22.1. The molecular formula is C20H15N3OS. The van der Waals surface area contributed by atoms with Gasteiger partial charge < -0.3 is 5.32 Å². The third kappa shape index (κ3) is 3.14. The first-order chi connectivity index (χ1) is 12.2. The summed E-state index contributed by atoms with van der Waals surface area (Å²) in [7, 11) is 0. The molecule has 0 saturated heterocycles. The van der Waals surface area contributed by atoms with E-state index >= 15 is 0 Å². The first kappa shape index (κ1) is 15.5. The van der Waals surface area contributed by atoms with Crippen LogP contribution in [0.15, 0.2) is 66.2 Å². The van der Waals surface area contributed by atoms with E-state index in [1.54, 1.807) is 6.20 Å². The molecule has 0 aliphatic rings. The molecule has 122 valence electrons. The van der Waals surface area contributed by atoms with E-state index in [2.05, 4.69) is 15.3 Å². The number of nitrogens with one attached hydrogen (secondary N) is 1. The number of benzene rings is 2. The predicted molar refractivity (Wildman–Crippen MR) is 102 cm³/mol. The number of hydrogen-bond donors (Lipinski definition) is 1. The van der Waals surface area contributed by atoms with Crippen molar-refractivity contribution in [2.24, 2.45) is 0 Å². The average Bonchev–Trinajstić information content (AvgIpc) is 3.18. The molecule has 2 aromatic heterocycles. The summed E-state index contributed by atoms with van der Waals surface area (Å²) in [6.45, 7) is 1.97. The summed E-state index contributed by atoms with van der Waals surface area (Å²) in [5, 5.41) is 4.87. The Bertz CT molecular complexity index is 1060. The SMILES string of the molecule is Cc1ccc(-c2cnc3ccccc3n2)cc1NC(=O)c1cccs1. The van der Waals surface area contributed by atoms with Gasteiger partial charge in [-0.05, 0) is 42.1 Å². The number of nitrogens with zero attached hydrogens (tertiary/aromatic N) is 2. The zero-order valence-corrected chi connectivity index (χ0v) is 14.4. The molecule has 1 amide bonds. The molecule has 4 aromatic rings. The lowest BCUT2D eigenvalue weighted by Crippen LogP contribution is -2.11. The molecule has 2 aromatic carbocycles. The molecule has 0 saturated carbocycles. The largest absolute Gasteiger partial charge is 0.321 e. The maximum Gasteiger partial charge on any atom is 0.265 e. The normalized spacial score (nSPS) is 10.8. The fraction of sp³-hybridized carbons (Fsp3) is 0.0500. The van der Waals surface area contributed by atoms with Crippen molar-refractivity contribution in [3.8, 4) is 11.3 Å². The Morgan fingerprint density at radius 1 is 1.04 bits per heavy atom. The molecule has 0 unspecified atom stereocenters. The molecule has 0 spiro atoms. The Morgan fingerprint density at radius 3 is 2.68 bits per heavy atom. The van der Waals surface area contributed by atoms with E-state index in [1.807, 2.05) is 66.9 Å². The Labute approximate surface area is 149 Å². The molecule has 4 rings (SSSR count). The number of fused-ring (bicyclic) bond motifs is 1. The molecule has 0 fully saturated rings. The van der Waals surface area contributed by atoms with Crippen molar-refractivity contribution >= 4 is 34.0 Å². The third-order valence-corrected chi connectivity index (χ3v) is 4.84. The number of anilines is 1. The molecule has 0 aliphatic heterocycles. The van der Waals surface area contributed by atoms with Gasteiger partial charge in [-0.3, -0.25) is 9.78 Å². The predicted octanol–water partition coefficient (Wildman–Crippen LogP) is 4.92. The van der Waals surface area contributed by atoms with Crippen molar-refractivity contribution in [1.82, 2.24) is 9.97 Å². The Balaban J connectivity index is 1.69. The van der Waals surface area contributed by atoms with Crippen LogP contribution in [-0.2, 0) is 0 Å². The van der Waals surface area contributed by atoms with E-state index in [1.165, 1.54) is 11.3 Å². The van der Waals surface area contributed by atoms with Gasteiger partial charge in [-0.2, -0.15) is 0 Å². The number of rotatable bonds is 3. The number of para-hydroxylation sites is 2. The standard InChI is InChI=1S/C20H15N3OS/c1-13-8-9-14(11-17(13)23-20(24)19-7-4-10-25-19)18-12-21-15-5-2-3-6-16(15)22-18/h2-12H,1H3,(H,23,24). The fourth-order valence-electron chi connectivity index (χ4n) is 2.60. The van der Waals surface area contributed by atoms with Crippen molar-refractivity contribution in [1.29, 1.82) is 0 Å². The summed E-state index contributed by atoms with van der Waals surface area (Å²) in [6.07, 6.45) is 1.76. The minimum atomic E-state index is -0.0974. The number of carbonyl (C=O) groups is 1. The van der Waals surface area contributed by atoms with E-state index in [0.29, 0.717) is 4.88 Å². The van der Waals surface area contributed by atoms with Gasteiger partial charge in [0.05, 0.1) is 27.8 Å². The van der Waals surface area contributed by atoms with E-state index < -0.39 is 0 Å². The second-order valence-corrected chi connectivity index (χ2v) is 6.65. The van der Waals surface area contributed by atoms with Crippen LogP contribution in [0.5, 0.6) is 0 Å². The lowest BCUT2D eigenvalue weighted by atomic mass is 10.1. The quantitative estimate of drug-likeness (QED) is 0.573. The van der Waals surface area contributed by atoms with E-state index in [4.69, 9.17) is 0 Å². The van der Waals surface area contributed by atoms with Gasteiger partial charge in [-0.15, -0.1) is 11.3 Å². The van der Waals surface area contributed by atoms with Crippen LogP contribution in [-0.4, -0.2) is 15.9 Å². The molecule has 4 nitrogen and oxygen atoms in total. The van der Waals surface area contributed by atoms with Gasteiger partial charge in [0.1, 0.15) is 0 Å². The highest BCUT2D eigenvalue weighted by molar-refractivity contribution is 7.12. The zero-order chi connectivity index (χ0) is 17.2. The topological polar surface area (TPSA) is 54.9 Å². The van der Waals surface area contributed by atoms with Crippen LogP contribution in [0.25, 0.3) is 22.3 Å². The number of carbonyl (C=O) groups excluding carboxylic acids is 1. The maximum absolute atomic E-state index is 12.3. The second-order valence-electron chi connectivity index (χ2n) is 5.71. The van der Waals surface area contributed by atoms with Gasteiger partial charge in [0.2, 0.25) is 0 Å². The van der Waals surface area contributed by atoms with E-state index in [0.717, 1.165) is 33.5 Å². The minimum absolute atomic E-state index is 0.0974. The van der Waals surface area contributed by atoms with Crippen LogP contribution in [0.3, 0.4) is 0 Å². The number of thiophene rings is 1. The molecule has 1 N–H and O–H groups in total. The molecule has 0 radical (unpaired) electrons. The first-order valence-corrected chi connectivity index (χ1v) is 8.76.